The van der Waals surface area contributed by atoms with Crippen LogP contribution in [0.4, 0.5) is 11.4 Å². The van der Waals surface area contributed by atoms with E-state index in [9.17, 15) is 9.59 Å². The standard InChI is InChI=1S/C19H21Cl2N3O3/c1-12(19(26)23-17-10-13(20)4-9-16(17)21)24(2)11-18(25)22-14-5-7-15(27-3)8-6-14/h4-10,12H,11H2,1-3H3,(H,22,25)(H,23,26). The highest BCUT2D eigenvalue weighted by Gasteiger charge is 2.21. The molecule has 0 aliphatic heterocycles. The zero-order valence-corrected chi connectivity index (χ0v) is 16.8. The normalized spacial score (nSPS) is 11.8. The maximum absolute atomic E-state index is 12.4. The Kier molecular flexibility index (Phi) is 7.47. The molecule has 2 aromatic rings. The highest BCUT2D eigenvalue weighted by molar-refractivity contribution is 6.35. The van der Waals surface area contributed by atoms with E-state index in [1.165, 1.54) is 0 Å². The quantitative estimate of drug-likeness (QED) is 0.727. The van der Waals surface area contributed by atoms with Crippen LogP contribution in [0.5, 0.6) is 5.75 Å². The summed E-state index contributed by atoms with van der Waals surface area (Å²) in [4.78, 5) is 26.3. The van der Waals surface area contributed by atoms with Gasteiger partial charge in [0.2, 0.25) is 11.8 Å². The lowest BCUT2D eigenvalue weighted by atomic mass is 10.2. The van der Waals surface area contributed by atoms with E-state index in [-0.39, 0.29) is 18.4 Å². The maximum atomic E-state index is 12.4. The first kappa shape index (κ1) is 21.0. The van der Waals surface area contributed by atoms with E-state index < -0.39 is 6.04 Å². The molecule has 1 unspecified atom stereocenters. The van der Waals surface area contributed by atoms with Gasteiger partial charge in [0.25, 0.3) is 0 Å². The van der Waals surface area contributed by atoms with Crippen molar-refractivity contribution in [1.29, 1.82) is 0 Å². The Labute approximate surface area is 168 Å². The van der Waals surface area contributed by atoms with Gasteiger partial charge in [-0.3, -0.25) is 14.5 Å². The van der Waals surface area contributed by atoms with Gasteiger partial charge in [-0.15, -0.1) is 0 Å². The van der Waals surface area contributed by atoms with Gasteiger partial charge in [-0.1, -0.05) is 23.2 Å². The molecule has 2 rings (SSSR count). The van der Waals surface area contributed by atoms with Gasteiger partial charge in [0.15, 0.2) is 0 Å². The second-order valence-electron chi connectivity index (χ2n) is 5.98. The summed E-state index contributed by atoms with van der Waals surface area (Å²) in [6, 6.07) is 11.3. The fourth-order valence-corrected chi connectivity index (χ4v) is 2.61. The molecule has 0 saturated heterocycles. The van der Waals surface area contributed by atoms with Gasteiger partial charge in [0.05, 0.1) is 30.4 Å². The Morgan fingerprint density at radius 2 is 1.78 bits per heavy atom. The van der Waals surface area contributed by atoms with Crippen molar-refractivity contribution in [3.63, 3.8) is 0 Å². The van der Waals surface area contributed by atoms with Crippen molar-refractivity contribution in [2.75, 3.05) is 31.3 Å². The molecule has 0 aliphatic rings. The Morgan fingerprint density at radius 3 is 2.41 bits per heavy atom. The van der Waals surface area contributed by atoms with Crippen LogP contribution in [0.2, 0.25) is 10.0 Å². The molecule has 2 amide bonds. The fraction of sp³-hybridized carbons (Fsp3) is 0.263. The summed E-state index contributed by atoms with van der Waals surface area (Å²) >= 11 is 12.0. The zero-order valence-electron chi connectivity index (χ0n) is 15.3. The molecule has 144 valence electrons. The zero-order chi connectivity index (χ0) is 20.0. The second kappa shape index (κ2) is 9.60. The number of methoxy groups -OCH3 is 1. The van der Waals surface area contributed by atoms with Gasteiger partial charge >= 0.3 is 0 Å². The van der Waals surface area contributed by atoms with Crippen molar-refractivity contribution in [3.8, 4) is 5.75 Å². The molecule has 0 fully saturated rings. The van der Waals surface area contributed by atoms with E-state index in [1.54, 1.807) is 68.4 Å². The van der Waals surface area contributed by atoms with E-state index in [4.69, 9.17) is 27.9 Å². The molecule has 0 spiro atoms. The third-order valence-electron chi connectivity index (χ3n) is 3.99. The summed E-state index contributed by atoms with van der Waals surface area (Å²) in [6.45, 7) is 1.75. The van der Waals surface area contributed by atoms with Crippen LogP contribution in [-0.2, 0) is 9.59 Å². The number of carbonyl (C=O) groups excluding carboxylic acids is 2. The molecule has 6 nitrogen and oxygen atoms in total. The molecule has 2 aromatic carbocycles. The Morgan fingerprint density at radius 1 is 1.11 bits per heavy atom. The second-order valence-corrected chi connectivity index (χ2v) is 6.82. The van der Waals surface area contributed by atoms with E-state index >= 15 is 0 Å². The molecular formula is C19H21Cl2N3O3. The van der Waals surface area contributed by atoms with Crippen molar-refractivity contribution < 1.29 is 14.3 Å². The molecule has 2 N–H and O–H groups in total. The predicted molar refractivity (Wildman–Crippen MR) is 109 cm³/mol. The monoisotopic (exact) mass is 409 g/mol. The summed E-state index contributed by atoms with van der Waals surface area (Å²) in [5, 5.41) is 6.36. The number of hydrogen-bond donors (Lipinski definition) is 2. The topological polar surface area (TPSA) is 70.7 Å². The Bertz CT molecular complexity index is 812. The van der Waals surface area contributed by atoms with E-state index in [2.05, 4.69) is 10.6 Å². The minimum atomic E-state index is -0.554. The lowest BCUT2D eigenvalue weighted by Gasteiger charge is -2.23. The van der Waals surface area contributed by atoms with Gasteiger partial charge in [0, 0.05) is 10.7 Å². The van der Waals surface area contributed by atoms with E-state index in [1.807, 2.05) is 0 Å². The van der Waals surface area contributed by atoms with Gasteiger partial charge in [0.1, 0.15) is 5.75 Å². The van der Waals surface area contributed by atoms with Crippen molar-refractivity contribution in [2.45, 2.75) is 13.0 Å². The predicted octanol–water partition coefficient (Wildman–Crippen LogP) is 3.90. The summed E-state index contributed by atoms with van der Waals surface area (Å²) in [7, 11) is 3.27. The average Bonchev–Trinajstić information content (AvgIpc) is 2.64. The first-order valence-electron chi connectivity index (χ1n) is 8.20. The van der Waals surface area contributed by atoms with Crippen LogP contribution < -0.4 is 15.4 Å². The third kappa shape index (κ3) is 6.13. The first-order chi connectivity index (χ1) is 12.8. The lowest BCUT2D eigenvalue weighted by molar-refractivity contribution is -0.122. The molecule has 0 saturated carbocycles. The minimum Gasteiger partial charge on any atom is -0.497 e. The van der Waals surface area contributed by atoms with Crippen molar-refractivity contribution in [2.24, 2.45) is 0 Å². The number of hydrogen-bond acceptors (Lipinski definition) is 4. The molecule has 8 heteroatoms. The van der Waals surface area contributed by atoms with Crippen LogP contribution in [0.15, 0.2) is 42.5 Å². The van der Waals surface area contributed by atoms with Crippen LogP contribution in [0, 0.1) is 0 Å². The highest BCUT2D eigenvalue weighted by Crippen LogP contribution is 2.25. The molecule has 27 heavy (non-hydrogen) atoms. The van der Waals surface area contributed by atoms with Crippen LogP contribution in [-0.4, -0.2) is 43.5 Å². The van der Waals surface area contributed by atoms with Crippen molar-refractivity contribution in [1.82, 2.24) is 4.90 Å². The molecule has 0 aromatic heterocycles. The number of benzene rings is 2. The van der Waals surface area contributed by atoms with Gasteiger partial charge < -0.3 is 15.4 Å². The number of halogens is 2. The first-order valence-corrected chi connectivity index (χ1v) is 8.96. The van der Waals surface area contributed by atoms with Crippen molar-refractivity contribution in [3.05, 3.63) is 52.5 Å². The third-order valence-corrected chi connectivity index (χ3v) is 4.56. The molecule has 0 radical (unpaired) electrons. The van der Waals surface area contributed by atoms with Gasteiger partial charge in [-0.05, 0) is 56.4 Å². The van der Waals surface area contributed by atoms with Crippen LogP contribution in [0.25, 0.3) is 0 Å². The molecule has 0 aliphatic carbocycles. The summed E-state index contributed by atoms with van der Waals surface area (Å²) in [5.41, 5.74) is 1.08. The van der Waals surface area contributed by atoms with E-state index in [0.717, 1.165) is 0 Å². The average molecular weight is 410 g/mol. The number of ether oxygens (including phenoxy) is 1. The van der Waals surface area contributed by atoms with Crippen LogP contribution in [0.1, 0.15) is 6.92 Å². The number of nitrogens with zero attached hydrogens (tertiary/aromatic N) is 1. The maximum Gasteiger partial charge on any atom is 0.241 e. The largest absolute Gasteiger partial charge is 0.497 e. The molecule has 0 bridgehead atoms. The summed E-state index contributed by atoms with van der Waals surface area (Å²) < 4.78 is 5.08. The summed E-state index contributed by atoms with van der Waals surface area (Å²) in [6.07, 6.45) is 0. The minimum absolute atomic E-state index is 0.0455. The molecule has 1 atom stereocenters. The fourth-order valence-electron chi connectivity index (χ4n) is 2.27. The summed E-state index contributed by atoms with van der Waals surface area (Å²) in [5.74, 6) is 0.178. The lowest BCUT2D eigenvalue weighted by Crippen LogP contribution is -2.43. The smallest absolute Gasteiger partial charge is 0.241 e. The molecular weight excluding hydrogens is 389 g/mol. The number of amides is 2. The van der Waals surface area contributed by atoms with Crippen LogP contribution >= 0.6 is 23.2 Å². The molecule has 0 heterocycles. The number of likely N-dealkylation sites (N-methyl/N-ethyl adjacent to an activating group) is 1. The number of nitrogens with one attached hydrogen (secondary N) is 2. The van der Waals surface area contributed by atoms with Gasteiger partial charge in [-0.25, -0.2) is 0 Å². The highest BCUT2D eigenvalue weighted by atomic mass is 35.5. The van der Waals surface area contributed by atoms with Crippen molar-refractivity contribution >= 4 is 46.4 Å². The Hall–Kier alpha value is -2.28. The van der Waals surface area contributed by atoms with Gasteiger partial charge in [-0.2, -0.15) is 0 Å². The number of anilines is 2. The number of carbonyl (C=O) groups is 2. The SMILES string of the molecule is COc1ccc(NC(=O)CN(C)C(C)C(=O)Nc2cc(Cl)ccc2Cl)cc1. The Balaban J connectivity index is 1.91. The van der Waals surface area contributed by atoms with E-state index in [0.29, 0.717) is 27.2 Å². The number of rotatable bonds is 7. The van der Waals surface area contributed by atoms with Crippen LogP contribution in [0.3, 0.4) is 0 Å².